The summed E-state index contributed by atoms with van der Waals surface area (Å²) in [5.41, 5.74) is 0.270. The largest absolute Gasteiger partial charge is 0.465 e. The molecule has 0 aliphatic heterocycles. The van der Waals surface area contributed by atoms with Crippen LogP contribution in [0.4, 0.5) is 0 Å². The van der Waals surface area contributed by atoms with Crippen molar-refractivity contribution in [2.24, 2.45) is 0 Å². The number of carbonyl (C=O) groups excluding carboxylic acids is 2. The average molecular weight is 226 g/mol. The lowest BCUT2D eigenvalue weighted by Crippen LogP contribution is -2.12. The van der Waals surface area contributed by atoms with Crippen LogP contribution in [0.3, 0.4) is 0 Å². The lowest BCUT2D eigenvalue weighted by molar-refractivity contribution is 0.0552. The molecule has 80 valence electrons. The summed E-state index contributed by atoms with van der Waals surface area (Å²) >= 11 is 4.09. The molecule has 0 radical (unpaired) electrons. The minimum Gasteiger partial charge on any atom is -0.465 e. The zero-order valence-electron chi connectivity index (χ0n) is 8.31. The predicted molar refractivity (Wildman–Crippen MR) is 56.4 cm³/mol. The van der Waals surface area contributed by atoms with Crippen molar-refractivity contribution in [1.82, 2.24) is 0 Å². The second-order valence-electron chi connectivity index (χ2n) is 2.68. The Labute approximate surface area is 92.6 Å². The van der Waals surface area contributed by atoms with Gasteiger partial charge in [0.1, 0.15) is 0 Å². The third-order valence-electron chi connectivity index (χ3n) is 1.84. The molecule has 0 saturated carbocycles. The fourth-order valence-electron chi connectivity index (χ4n) is 1.14. The number of thiol groups is 1. The highest BCUT2D eigenvalue weighted by Crippen LogP contribution is 2.20. The molecule has 0 amide bonds. The van der Waals surface area contributed by atoms with E-state index in [0.29, 0.717) is 4.90 Å². The number of esters is 2. The van der Waals surface area contributed by atoms with Gasteiger partial charge in [-0.3, -0.25) is 0 Å². The number of rotatable bonds is 2. The van der Waals surface area contributed by atoms with Gasteiger partial charge in [0.25, 0.3) is 0 Å². The fraction of sp³-hybridized carbons (Fsp3) is 0.200. The first kappa shape index (κ1) is 11.6. The van der Waals surface area contributed by atoms with Gasteiger partial charge >= 0.3 is 11.9 Å². The zero-order valence-corrected chi connectivity index (χ0v) is 9.21. The first-order chi connectivity index (χ1) is 7.11. The molecule has 5 heteroatoms. The molecule has 1 aromatic rings. The van der Waals surface area contributed by atoms with Gasteiger partial charge < -0.3 is 9.47 Å². The second kappa shape index (κ2) is 4.84. The van der Waals surface area contributed by atoms with Crippen LogP contribution < -0.4 is 0 Å². The third-order valence-corrected chi connectivity index (χ3v) is 2.21. The van der Waals surface area contributed by atoms with E-state index in [9.17, 15) is 9.59 Å². The topological polar surface area (TPSA) is 52.6 Å². The van der Waals surface area contributed by atoms with Crippen LogP contribution in [0, 0.1) is 0 Å². The quantitative estimate of drug-likeness (QED) is 0.614. The molecule has 0 heterocycles. The summed E-state index contributed by atoms with van der Waals surface area (Å²) in [7, 11) is 2.48. The highest BCUT2D eigenvalue weighted by molar-refractivity contribution is 7.80. The van der Waals surface area contributed by atoms with E-state index in [1.165, 1.54) is 20.3 Å². The van der Waals surface area contributed by atoms with Gasteiger partial charge in [0.05, 0.1) is 25.3 Å². The molecule has 0 unspecified atom stereocenters. The van der Waals surface area contributed by atoms with Crippen LogP contribution in [0.1, 0.15) is 20.7 Å². The van der Waals surface area contributed by atoms with Crippen molar-refractivity contribution in [1.29, 1.82) is 0 Å². The Balaban J connectivity index is 3.32. The van der Waals surface area contributed by atoms with E-state index in [2.05, 4.69) is 22.1 Å². The van der Waals surface area contributed by atoms with Crippen molar-refractivity contribution in [3.8, 4) is 0 Å². The highest BCUT2D eigenvalue weighted by Gasteiger charge is 2.20. The van der Waals surface area contributed by atoms with Gasteiger partial charge in [-0.2, -0.15) is 0 Å². The summed E-state index contributed by atoms with van der Waals surface area (Å²) in [6, 6.07) is 4.70. The Morgan fingerprint density at radius 2 is 1.73 bits per heavy atom. The van der Waals surface area contributed by atoms with Crippen LogP contribution in [0.15, 0.2) is 23.1 Å². The number of carbonyl (C=O) groups is 2. The monoisotopic (exact) mass is 226 g/mol. The number of benzene rings is 1. The van der Waals surface area contributed by atoms with Crippen LogP contribution in [0.2, 0.25) is 0 Å². The number of ether oxygens (including phenoxy) is 2. The van der Waals surface area contributed by atoms with Gasteiger partial charge in [-0.15, -0.1) is 12.6 Å². The maximum Gasteiger partial charge on any atom is 0.339 e. The lowest BCUT2D eigenvalue weighted by Gasteiger charge is -2.07. The Morgan fingerprint density at radius 1 is 1.13 bits per heavy atom. The first-order valence-electron chi connectivity index (χ1n) is 4.10. The van der Waals surface area contributed by atoms with Crippen LogP contribution in [0.5, 0.6) is 0 Å². The molecule has 0 bridgehead atoms. The van der Waals surface area contributed by atoms with Crippen molar-refractivity contribution < 1.29 is 19.1 Å². The van der Waals surface area contributed by atoms with Gasteiger partial charge in [0, 0.05) is 4.90 Å². The maximum atomic E-state index is 11.4. The third kappa shape index (κ3) is 2.30. The van der Waals surface area contributed by atoms with E-state index in [1.54, 1.807) is 12.1 Å². The smallest absolute Gasteiger partial charge is 0.339 e. The number of hydrogen-bond donors (Lipinski definition) is 1. The summed E-state index contributed by atoms with van der Waals surface area (Å²) in [4.78, 5) is 23.1. The maximum absolute atomic E-state index is 11.4. The number of methoxy groups -OCH3 is 2. The molecular formula is C10H10O4S. The molecule has 0 spiro atoms. The second-order valence-corrected chi connectivity index (χ2v) is 3.16. The number of hydrogen-bond acceptors (Lipinski definition) is 5. The minimum atomic E-state index is -0.610. The van der Waals surface area contributed by atoms with Crippen LogP contribution in [-0.4, -0.2) is 26.2 Å². The van der Waals surface area contributed by atoms with Gasteiger partial charge in [-0.25, -0.2) is 9.59 Å². The predicted octanol–water partition coefficient (Wildman–Crippen LogP) is 1.55. The van der Waals surface area contributed by atoms with E-state index in [4.69, 9.17) is 0 Å². The average Bonchev–Trinajstić information content (AvgIpc) is 2.26. The summed E-state index contributed by atoms with van der Waals surface area (Å²) in [5.74, 6) is -1.20. The van der Waals surface area contributed by atoms with Crippen molar-refractivity contribution in [3.05, 3.63) is 29.3 Å². The summed E-state index contributed by atoms with van der Waals surface area (Å²) in [6.45, 7) is 0. The molecule has 4 nitrogen and oxygen atoms in total. The van der Waals surface area contributed by atoms with Gasteiger partial charge in [0.15, 0.2) is 0 Å². The van der Waals surface area contributed by atoms with E-state index in [-0.39, 0.29) is 11.1 Å². The molecule has 0 fully saturated rings. The van der Waals surface area contributed by atoms with Crippen molar-refractivity contribution in [2.45, 2.75) is 4.90 Å². The first-order valence-corrected chi connectivity index (χ1v) is 4.55. The van der Waals surface area contributed by atoms with Crippen LogP contribution in [0.25, 0.3) is 0 Å². The summed E-state index contributed by atoms with van der Waals surface area (Å²) in [6.07, 6.45) is 0. The Morgan fingerprint density at radius 3 is 2.27 bits per heavy atom. The van der Waals surface area contributed by atoms with E-state index < -0.39 is 11.9 Å². The van der Waals surface area contributed by atoms with E-state index in [0.717, 1.165) is 0 Å². The zero-order chi connectivity index (χ0) is 11.4. The Kier molecular flexibility index (Phi) is 3.74. The van der Waals surface area contributed by atoms with Gasteiger partial charge in [0.2, 0.25) is 0 Å². The van der Waals surface area contributed by atoms with Crippen molar-refractivity contribution in [3.63, 3.8) is 0 Å². The molecule has 1 aromatic carbocycles. The molecular weight excluding hydrogens is 216 g/mol. The standard InChI is InChI=1S/C10H10O4S/c1-13-9(11)6-4-3-5-7(15)8(6)10(12)14-2/h3-5,15H,1-2H3. The minimum absolute atomic E-state index is 0.121. The Hall–Kier alpha value is -1.49. The summed E-state index contributed by atoms with van der Waals surface area (Å²) in [5, 5.41) is 0. The van der Waals surface area contributed by atoms with Crippen LogP contribution in [-0.2, 0) is 9.47 Å². The van der Waals surface area contributed by atoms with Crippen molar-refractivity contribution >= 4 is 24.6 Å². The van der Waals surface area contributed by atoms with E-state index >= 15 is 0 Å². The molecule has 1 rings (SSSR count). The molecule has 15 heavy (non-hydrogen) atoms. The molecule has 0 aromatic heterocycles. The molecule has 0 N–H and O–H groups in total. The SMILES string of the molecule is COC(=O)c1cccc(S)c1C(=O)OC. The Bertz CT molecular complexity index is 400. The molecule has 0 aliphatic rings. The molecule has 0 saturated heterocycles. The summed E-state index contributed by atoms with van der Waals surface area (Å²) < 4.78 is 9.10. The fourth-order valence-corrected chi connectivity index (χ4v) is 1.43. The lowest BCUT2D eigenvalue weighted by atomic mass is 10.1. The molecule has 0 aliphatic carbocycles. The highest BCUT2D eigenvalue weighted by atomic mass is 32.1. The van der Waals surface area contributed by atoms with Crippen molar-refractivity contribution in [2.75, 3.05) is 14.2 Å². The molecule has 0 atom stereocenters. The van der Waals surface area contributed by atoms with Crippen LogP contribution >= 0.6 is 12.6 Å². The van der Waals surface area contributed by atoms with Gasteiger partial charge in [-0.1, -0.05) is 6.07 Å². The van der Waals surface area contributed by atoms with E-state index in [1.807, 2.05) is 0 Å². The van der Waals surface area contributed by atoms with Gasteiger partial charge in [-0.05, 0) is 12.1 Å². The normalized spacial score (nSPS) is 9.53.